The second-order valence-electron chi connectivity index (χ2n) is 4.55. The Bertz CT molecular complexity index is 712. The van der Waals surface area contributed by atoms with E-state index in [4.69, 9.17) is 10.00 Å². The molecule has 0 amide bonds. The molecule has 1 atom stereocenters. The van der Waals surface area contributed by atoms with Gasteiger partial charge in [0.2, 0.25) is 0 Å². The van der Waals surface area contributed by atoms with Crippen molar-refractivity contribution < 1.29 is 13.9 Å². The predicted octanol–water partition coefficient (Wildman–Crippen LogP) is 4.19. The van der Waals surface area contributed by atoms with Crippen molar-refractivity contribution >= 4 is 17.7 Å². The third-order valence-electron chi connectivity index (χ3n) is 2.91. The second-order valence-corrected chi connectivity index (χ2v) is 5.57. The van der Waals surface area contributed by atoms with E-state index in [9.17, 15) is 9.18 Å². The Morgan fingerprint density at radius 3 is 2.68 bits per heavy atom. The molecule has 0 aromatic heterocycles. The van der Waals surface area contributed by atoms with Gasteiger partial charge in [0.15, 0.2) is 6.10 Å². The number of halogens is 1. The smallest absolute Gasteiger partial charge is 0.340 e. The number of rotatable bonds is 5. The molecule has 22 heavy (non-hydrogen) atoms. The number of nitrogens with zero attached hydrogens (tertiary/aromatic N) is 1. The summed E-state index contributed by atoms with van der Waals surface area (Å²) in [5, 5.41) is 8.71. The molecule has 0 aliphatic heterocycles. The van der Waals surface area contributed by atoms with Crippen molar-refractivity contribution in [2.24, 2.45) is 0 Å². The average molecular weight is 315 g/mol. The van der Waals surface area contributed by atoms with Gasteiger partial charge in [0.05, 0.1) is 5.56 Å². The second kappa shape index (κ2) is 7.62. The highest BCUT2D eigenvalue weighted by Crippen LogP contribution is 2.27. The highest BCUT2D eigenvalue weighted by atomic mass is 32.2. The maximum Gasteiger partial charge on any atom is 0.340 e. The van der Waals surface area contributed by atoms with Gasteiger partial charge in [-0.3, -0.25) is 0 Å². The SMILES string of the molecule is C[C@H](C#N)OC(=O)c1ccccc1SCc1ccccc1F. The lowest BCUT2D eigenvalue weighted by molar-refractivity contribution is 0.0431. The zero-order chi connectivity index (χ0) is 15.9. The van der Waals surface area contributed by atoms with Gasteiger partial charge >= 0.3 is 5.97 Å². The summed E-state index contributed by atoms with van der Waals surface area (Å²) in [6.07, 6.45) is -0.808. The maximum absolute atomic E-state index is 13.6. The fourth-order valence-corrected chi connectivity index (χ4v) is 2.81. The van der Waals surface area contributed by atoms with E-state index in [1.54, 1.807) is 42.5 Å². The summed E-state index contributed by atoms with van der Waals surface area (Å²) in [6, 6.07) is 15.3. The zero-order valence-corrected chi connectivity index (χ0v) is 12.8. The molecule has 0 spiro atoms. The van der Waals surface area contributed by atoms with E-state index in [1.165, 1.54) is 24.8 Å². The van der Waals surface area contributed by atoms with Crippen molar-refractivity contribution in [3.05, 3.63) is 65.5 Å². The molecule has 0 aliphatic carbocycles. The maximum atomic E-state index is 13.6. The minimum atomic E-state index is -0.808. The van der Waals surface area contributed by atoms with Gasteiger partial charge in [-0.25, -0.2) is 9.18 Å². The number of ether oxygens (including phenoxy) is 1. The Balaban J connectivity index is 2.14. The first kappa shape index (κ1) is 16.1. The molecule has 0 heterocycles. The van der Waals surface area contributed by atoms with E-state index < -0.39 is 12.1 Å². The van der Waals surface area contributed by atoms with Crippen molar-refractivity contribution in [3.8, 4) is 6.07 Å². The average Bonchev–Trinajstić information content (AvgIpc) is 2.54. The summed E-state index contributed by atoms with van der Waals surface area (Å²) in [5.41, 5.74) is 0.951. The molecule has 112 valence electrons. The molecule has 2 aromatic carbocycles. The summed E-state index contributed by atoms with van der Waals surface area (Å²) in [4.78, 5) is 12.7. The number of esters is 1. The van der Waals surface area contributed by atoms with Crippen LogP contribution in [0.2, 0.25) is 0 Å². The number of hydrogen-bond donors (Lipinski definition) is 0. The largest absolute Gasteiger partial charge is 0.444 e. The van der Waals surface area contributed by atoms with Crippen LogP contribution < -0.4 is 0 Å². The standard InChI is InChI=1S/C17H14FNO2S/c1-12(10-19)21-17(20)14-7-3-5-9-16(14)22-11-13-6-2-4-8-15(13)18/h2-9,12H,11H2,1H3/t12-/m1/s1. The number of carbonyl (C=O) groups is 1. The molecule has 0 aliphatic rings. The van der Waals surface area contributed by atoms with Crippen LogP contribution in [0.25, 0.3) is 0 Å². The van der Waals surface area contributed by atoms with Gasteiger partial charge in [-0.1, -0.05) is 30.3 Å². The fraction of sp³-hybridized carbons (Fsp3) is 0.176. The molecule has 0 bridgehead atoms. The lowest BCUT2D eigenvalue weighted by atomic mass is 10.2. The van der Waals surface area contributed by atoms with E-state index in [1.807, 2.05) is 6.07 Å². The topological polar surface area (TPSA) is 50.1 Å². The quantitative estimate of drug-likeness (QED) is 0.613. The Labute approximate surface area is 132 Å². The molecule has 2 aromatic rings. The van der Waals surface area contributed by atoms with E-state index >= 15 is 0 Å². The van der Waals surface area contributed by atoms with Gasteiger partial charge in [-0.2, -0.15) is 5.26 Å². The first-order valence-corrected chi connectivity index (χ1v) is 7.66. The predicted molar refractivity (Wildman–Crippen MR) is 82.9 cm³/mol. The van der Waals surface area contributed by atoms with Gasteiger partial charge in [-0.15, -0.1) is 11.8 Å². The van der Waals surface area contributed by atoms with E-state index in [-0.39, 0.29) is 5.82 Å². The van der Waals surface area contributed by atoms with Gasteiger partial charge in [0.25, 0.3) is 0 Å². The van der Waals surface area contributed by atoms with Crippen molar-refractivity contribution in [2.45, 2.75) is 23.7 Å². The Morgan fingerprint density at radius 2 is 1.95 bits per heavy atom. The normalized spacial score (nSPS) is 11.5. The van der Waals surface area contributed by atoms with E-state index in [2.05, 4.69) is 0 Å². The highest BCUT2D eigenvalue weighted by Gasteiger charge is 2.16. The van der Waals surface area contributed by atoms with Gasteiger partial charge in [-0.05, 0) is 30.7 Å². The molecule has 3 nitrogen and oxygen atoms in total. The van der Waals surface area contributed by atoms with Crippen LogP contribution in [-0.4, -0.2) is 12.1 Å². The van der Waals surface area contributed by atoms with Crippen LogP contribution in [0.15, 0.2) is 53.4 Å². The molecule has 0 N–H and O–H groups in total. The Kier molecular flexibility index (Phi) is 5.56. The van der Waals surface area contributed by atoms with Crippen molar-refractivity contribution in [2.75, 3.05) is 0 Å². The number of hydrogen-bond acceptors (Lipinski definition) is 4. The van der Waals surface area contributed by atoms with Gasteiger partial charge in [0.1, 0.15) is 11.9 Å². The van der Waals surface area contributed by atoms with Crippen LogP contribution in [0.1, 0.15) is 22.8 Å². The summed E-state index contributed by atoms with van der Waals surface area (Å²) in [7, 11) is 0. The minimum Gasteiger partial charge on any atom is -0.444 e. The summed E-state index contributed by atoms with van der Waals surface area (Å²) < 4.78 is 18.6. The molecule has 5 heteroatoms. The number of carbonyl (C=O) groups excluding carboxylic acids is 1. The number of thioether (sulfide) groups is 1. The Hall–Kier alpha value is -2.32. The van der Waals surface area contributed by atoms with Crippen molar-refractivity contribution in [1.29, 1.82) is 5.26 Å². The molecule has 0 saturated carbocycles. The molecule has 0 fully saturated rings. The lowest BCUT2D eigenvalue weighted by Gasteiger charge is -2.10. The lowest BCUT2D eigenvalue weighted by Crippen LogP contribution is -2.13. The van der Waals surface area contributed by atoms with Crippen LogP contribution in [-0.2, 0) is 10.5 Å². The molecule has 0 saturated heterocycles. The fourth-order valence-electron chi connectivity index (χ4n) is 1.78. The summed E-state index contributed by atoms with van der Waals surface area (Å²) in [5.74, 6) is -0.413. The minimum absolute atomic E-state index is 0.270. The van der Waals surface area contributed by atoms with E-state index in [0.717, 1.165) is 0 Å². The van der Waals surface area contributed by atoms with Crippen LogP contribution in [0, 0.1) is 17.1 Å². The molecule has 2 rings (SSSR count). The molecule has 0 radical (unpaired) electrons. The monoisotopic (exact) mass is 315 g/mol. The third kappa shape index (κ3) is 4.09. The first-order valence-electron chi connectivity index (χ1n) is 6.67. The zero-order valence-electron chi connectivity index (χ0n) is 12.0. The highest BCUT2D eigenvalue weighted by molar-refractivity contribution is 7.98. The van der Waals surface area contributed by atoms with Crippen LogP contribution in [0.4, 0.5) is 4.39 Å². The van der Waals surface area contributed by atoms with Gasteiger partial charge in [0, 0.05) is 10.6 Å². The van der Waals surface area contributed by atoms with Crippen molar-refractivity contribution in [1.82, 2.24) is 0 Å². The van der Waals surface area contributed by atoms with Crippen LogP contribution >= 0.6 is 11.8 Å². The molecular weight excluding hydrogens is 301 g/mol. The molecular formula is C17H14FNO2S. The van der Waals surface area contributed by atoms with Crippen LogP contribution in [0.3, 0.4) is 0 Å². The molecule has 0 unspecified atom stereocenters. The first-order chi connectivity index (χ1) is 10.6. The Morgan fingerprint density at radius 1 is 1.27 bits per heavy atom. The van der Waals surface area contributed by atoms with Crippen LogP contribution in [0.5, 0.6) is 0 Å². The number of nitriles is 1. The van der Waals surface area contributed by atoms with Gasteiger partial charge < -0.3 is 4.74 Å². The van der Waals surface area contributed by atoms with Crippen molar-refractivity contribution in [3.63, 3.8) is 0 Å². The summed E-state index contributed by atoms with van der Waals surface area (Å²) in [6.45, 7) is 1.51. The third-order valence-corrected chi connectivity index (χ3v) is 4.04. The van der Waals surface area contributed by atoms with E-state index in [0.29, 0.717) is 21.8 Å². The number of benzene rings is 2. The summed E-state index contributed by atoms with van der Waals surface area (Å²) >= 11 is 1.35.